The average Bonchev–Trinajstić information content (AvgIpc) is 2.95. The summed E-state index contributed by atoms with van der Waals surface area (Å²) >= 11 is 11.8. The molecule has 8 heteroatoms. The van der Waals surface area contributed by atoms with Gasteiger partial charge in [0.25, 0.3) is 0 Å². The van der Waals surface area contributed by atoms with Gasteiger partial charge in [0, 0.05) is 31.4 Å². The second kappa shape index (κ2) is 5.61. The third-order valence-corrected chi connectivity index (χ3v) is 6.11. The molecule has 0 atom stereocenters. The van der Waals surface area contributed by atoms with Gasteiger partial charge in [0.15, 0.2) is 0 Å². The lowest BCUT2D eigenvalue weighted by Gasteiger charge is -2.27. The molecule has 0 saturated carbocycles. The Bertz CT molecular complexity index is 773. The minimum atomic E-state index is -3.66. The number of benzene rings is 1. The highest BCUT2D eigenvalue weighted by Crippen LogP contribution is 2.28. The summed E-state index contributed by atoms with van der Waals surface area (Å²) < 4.78 is 28.9. The number of hydrogen-bond donors (Lipinski definition) is 0. The standard InChI is InChI=1S/C13H13Cl2N3O2S/c14-8-10-1-2-11(15)12(7-10)21(19,20)18-6-5-17-4-3-16-13(17)9-18/h1-4,7H,5-6,8-9H2. The van der Waals surface area contributed by atoms with Gasteiger partial charge in [0.2, 0.25) is 10.0 Å². The monoisotopic (exact) mass is 345 g/mol. The van der Waals surface area contributed by atoms with Crippen LogP contribution >= 0.6 is 23.2 Å². The first-order valence-corrected chi connectivity index (χ1v) is 8.72. The number of sulfonamides is 1. The summed E-state index contributed by atoms with van der Waals surface area (Å²) in [6.45, 7) is 1.23. The van der Waals surface area contributed by atoms with Crippen LogP contribution in [0.5, 0.6) is 0 Å². The molecule has 0 saturated heterocycles. The molecule has 3 rings (SSSR count). The average molecular weight is 346 g/mol. The van der Waals surface area contributed by atoms with E-state index < -0.39 is 10.0 Å². The van der Waals surface area contributed by atoms with Crippen LogP contribution in [-0.4, -0.2) is 28.8 Å². The molecule has 1 aromatic carbocycles. The van der Waals surface area contributed by atoms with Gasteiger partial charge in [-0.15, -0.1) is 11.6 Å². The van der Waals surface area contributed by atoms with E-state index in [2.05, 4.69) is 4.98 Å². The zero-order valence-electron chi connectivity index (χ0n) is 11.0. The van der Waals surface area contributed by atoms with Crippen molar-refractivity contribution in [2.24, 2.45) is 0 Å². The Kier molecular flexibility index (Phi) is 3.96. The first-order chi connectivity index (χ1) is 10.0. The Morgan fingerprint density at radius 2 is 2.10 bits per heavy atom. The van der Waals surface area contributed by atoms with Gasteiger partial charge < -0.3 is 4.57 Å². The van der Waals surface area contributed by atoms with Crippen LogP contribution in [0.3, 0.4) is 0 Å². The summed E-state index contributed by atoms with van der Waals surface area (Å²) in [5.41, 5.74) is 0.721. The lowest BCUT2D eigenvalue weighted by atomic mass is 10.2. The summed E-state index contributed by atoms with van der Waals surface area (Å²) in [5, 5.41) is 0.206. The number of fused-ring (bicyclic) bond motifs is 1. The molecule has 1 aliphatic rings. The predicted molar refractivity (Wildman–Crippen MR) is 80.8 cm³/mol. The first-order valence-electron chi connectivity index (χ1n) is 6.37. The summed E-state index contributed by atoms with van der Waals surface area (Å²) in [7, 11) is -3.66. The van der Waals surface area contributed by atoms with Gasteiger partial charge in [-0.3, -0.25) is 0 Å². The number of imidazole rings is 1. The number of halogens is 2. The van der Waals surface area contributed by atoms with E-state index in [1.165, 1.54) is 10.4 Å². The fraction of sp³-hybridized carbons (Fsp3) is 0.308. The molecule has 1 aliphatic heterocycles. The molecule has 2 aromatic rings. The van der Waals surface area contributed by atoms with Crippen LogP contribution in [0.1, 0.15) is 11.4 Å². The smallest absolute Gasteiger partial charge is 0.245 e. The quantitative estimate of drug-likeness (QED) is 0.803. The molecule has 112 valence electrons. The Hall–Kier alpha value is -1.08. The molecule has 1 aromatic heterocycles. The number of alkyl halides is 1. The van der Waals surface area contributed by atoms with Crippen molar-refractivity contribution in [3.05, 3.63) is 47.0 Å². The van der Waals surface area contributed by atoms with E-state index in [1.807, 2.05) is 10.8 Å². The summed E-state index contributed by atoms with van der Waals surface area (Å²) in [4.78, 5) is 4.27. The van der Waals surface area contributed by atoms with Gasteiger partial charge in [-0.2, -0.15) is 4.31 Å². The first kappa shape index (κ1) is 14.8. The van der Waals surface area contributed by atoms with Crippen LogP contribution < -0.4 is 0 Å². The minimum Gasteiger partial charge on any atom is -0.333 e. The number of aromatic nitrogens is 2. The van der Waals surface area contributed by atoms with Crippen LogP contribution in [0.25, 0.3) is 0 Å². The van der Waals surface area contributed by atoms with Crippen LogP contribution in [-0.2, 0) is 29.0 Å². The maximum absolute atomic E-state index is 12.8. The molecule has 0 aliphatic carbocycles. The zero-order chi connectivity index (χ0) is 15.0. The van der Waals surface area contributed by atoms with Gasteiger partial charge >= 0.3 is 0 Å². The minimum absolute atomic E-state index is 0.0994. The molecule has 21 heavy (non-hydrogen) atoms. The maximum atomic E-state index is 12.8. The van der Waals surface area contributed by atoms with Crippen molar-refractivity contribution in [1.82, 2.24) is 13.9 Å². The molecular formula is C13H13Cl2N3O2S. The number of rotatable bonds is 3. The SMILES string of the molecule is O=S(=O)(c1cc(CCl)ccc1Cl)N1CCn2ccnc2C1. The van der Waals surface area contributed by atoms with Gasteiger partial charge in [-0.25, -0.2) is 13.4 Å². The van der Waals surface area contributed by atoms with E-state index in [0.29, 0.717) is 13.1 Å². The lowest BCUT2D eigenvalue weighted by Crippen LogP contribution is -2.38. The van der Waals surface area contributed by atoms with E-state index in [1.54, 1.807) is 18.3 Å². The highest BCUT2D eigenvalue weighted by Gasteiger charge is 2.30. The van der Waals surface area contributed by atoms with Crippen molar-refractivity contribution in [2.45, 2.75) is 23.9 Å². The van der Waals surface area contributed by atoms with E-state index >= 15 is 0 Å². The molecule has 2 heterocycles. The van der Waals surface area contributed by atoms with Crippen molar-refractivity contribution in [3.8, 4) is 0 Å². The molecule has 0 fully saturated rings. The van der Waals surface area contributed by atoms with Crippen molar-refractivity contribution < 1.29 is 8.42 Å². The third kappa shape index (κ3) is 2.68. The van der Waals surface area contributed by atoms with Gasteiger partial charge in [0.1, 0.15) is 10.7 Å². The van der Waals surface area contributed by atoms with E-state index in [-0.39, 0.29) is 22.3 Å². The largest absolute Gasteiger partial charge is 0.333 e. The zero-order valence-corrected chi connectivity index (χ0v) is 13.4. The van der Waals surface area contributed by atoms with Crippen LogP contribution in [0.4, 0.5) is 0 Å². The van der Waals surface area contributed by atoms with Crippen molar-refractivity contribution in [1.29, 1.82) is 0 Å². The second-order valence-electron chi connectivity index (χ2n) is 4.77. The molecule has 0 bridgehead atoms. The summed E-state index contributed by atoms with van der Waals surface area (Å²) in [5.74, 6) is 0.971. The normalized spacial score (nSPS) is 15.9. The molecule has 0 amide bonds. The number of hydrogen-bond acceptors (Lipinski definition) is 3. The van der Waals surface area contributed by atoms with Gasteiger partial charge in [-0.1, -0.05) is 17.7 Å². The molecule has 5 nitrogen and oxygen atoms in total. The lowest BCUT2D eigenvalue weighted by molar-refractivity contribution is 0.335. The summed E-state index contributed by atoms with van der Waals surface area (Å²) in [6.07, 6.45) is 3.52. The Balaban J connectivity index is 1.98. The highest BCUT2D eigenvalue weighted by atomic mass is 35.5. The Labute approximate surface area is 133 Å². The van der Waals surface area contributed by atoms with E-state index in [9.17, 15) is 8.42 Å². The second-order valence-corrected chi connectivity index (χ2v) is 7.35. The van der Waals surface area contributed by atoms with E-state index in [4.69, 9.17) is 23.2 Å². The third-order valence-electron chi connectivity index (χ3n) is 3.48. The predicted octanol–water partition coefficient (Wildman–Crippen LogP) is 2.48. The van der Waals surface area contributed by atoms with Crippen molar-refractivity contribution >= 4 is 33.2 Å². The van der Waals surface area contributed by atoms with Crippen LogP contribution in [0, 0.1) is 0 Å². The van der Waals surface area contributed by atoms with Gasteiger partial charge in [0.05, 0.1) is 11.6 Å². The Morgan fingerprint density at radius 3 is 2.86 bits per heavy atom. The van der Waals surface area contributed by atoms with Gasteiger partial charge in [-0.05, 0) is 17.7 Å². The Morgan fingerprint density at radius 1 is 1.29 bits per heavy atom. The molecular weight excluding hydrogens is 333 g/mol. The highest BCUT2D eigenvalue weighted by molar-refractivity contribution is 7.89. The topological polar surface area (TPSA) is 55.2 Å². The summed E-state index contributed by atoms with van der Waals surface area (Å²) in [6, 6.07) is 4.82. The molecule has 0 N–H and O–H groups in total. The number of nitrogens with zero attached hydrogens (tertiary/aromatic N) is 3. The van der Waals surface area contributed by atoms with Crippen LogP contribution in [0.2, 0.25) is 5.02 Å². The molecule has 0 radical (unpaired) electrons. The van der Waals surface area contributed by atoms with Crippen LogP contribution in [0.15, 0.2) is 35.5 Å². The maximum Gasteiger partial charge on any atom is 0.245 e. The molecule has 0 unspecified atom stereocenters. The fourth-order valence-corrected chi connectivity index (χ4v) is 4.40. The van der Waals surface area contributed by atoms with Crippen molar-refractivity contribution in [2.75, 3.05) is 6.54 Å². The van der Waals surface area contributed by atoms with E-state index in [0.717, 1.165) is 11.4 Å². The fourth-order valence-electron chi connectivity index (χ4n) is 2.32. The molecule has 0 spiro atoms. The van der Waals surface area contributed by atoms with Crippen molar-refractivity contribution in [3.63, 3.8) is 0 Å².